The summed E-state index contributed by atoms with van der Waals surface area (Å²) in [5.74, 6) is 2.98. The van der Waals surface area contributed by atoms with Gasteiger partial charge in [-0.05, 0) is 24.6 Å². The zero-order chi connectivity index (χ0) is 9.26. The molecule has 13 heavy (non-hydrogen) atoms. The van der Waals surface area contributed by atoms with E-state index in [1.165, 1.54) is 0 Å². The number of fused-ring (bicyclic) bond motifs is 1. The van der Waals surface area contributed by atoms with Crippen LogP contribution < -0.4 is 10.1 Å². The Balaban J connectivity index is 2.33. The highest BCUT2D eigenvalue weighted by molar-refractivity contribution is 7.80. The standard InChI is InChI=1S/C9H10N2OS/c1-6(5-13)9-11-8-7(12-9)3-2-4-10-8/h2-4,13H,5H2,1H3,(H,10,11). The topological polar surface area (TPSA) is 34.2 Å². The SMILES string of the molecule is CC(CS)=C1Nc2ncccc2O1. The predicted molar refractivity (Wildman–Crippen MR) is 55.0 cm³/mol. The first-order valence-electron chi connectivity index (χ1n) is 4.02. The maximum atomic E-state index is 5.52. The number of nitrogens with zero attached hydrogens (tertiary/aromatic N) is 1. The van der Waals surface area contributed by atoms with Crippen molar-refractivity contribution in [2.45, 2.75) is 6.92 Å². The molecule has 0 bridgehead atoms. The molecule has 68 valence electrons. The van der Waals surface area contributed by atoms with Gasteiger partial charge in [0.15, 0.2) is 17.5 Å². The van der Waals surface area contributed by atoms with Crippen LogP contribution in [0.5, 0.6) is 5.75 Å². The highest BCUT2D eigenvalue weighted by Crippen LogP contribution is 2.31. The van der Waals surface area contributed by atoms with E-state index in [1.807, 2.05) is 19.1 Å². The molecule has 1 aromatic rings. The van der Waals surface area contributed by atoms with Gasteiger partial charge >= 0.3 is 0 Å². The normalized spacial score (nSPS) is 17.4. The number of hydrogen-bond donors (Lipinski definition) is 2. The fraction of sp³-hybridized carbons (Fsp3) is 0.222. The van der Waals surface area contributed by atoms with Crippen LogP contribution in [0.2, 0.25) is 0 Å². The number of anilines is 1. The molecule has 0 fully saturated rings. The third-order valence-electron chi connectivity index (χ3n) is 1.84. The van der Waals surface area contributed by atoms with Gasteiger partial charge in [-0.25, -0.2) is 4.98 Å². The smallest absolute Gasteiger partial charge is 0.199 e. The van der Waals surface area contributed by atoms with Gasteiger partial charge < -0.3 is 10.1 Å². The molecule has 1 aliphatic rings. The highest BCUT2D eigenvalue weighted by Gasteiger charge is 2.18. The van der Waals surface area contributed by atoms with Crippen LogP contribution in [-0.4, -0.2) is 10.7 Å². The van der Waals surface area contributed by atoms with E-state index in [1.54, 1.807) is 6.20 Å². The molecule has 3 nitrogen and oxygen atoms in total. The Hall–Kier alpha value is -1.16. The maximum absolute atomic E-state index is 5.52. The van der Waals surface area contributed by atoms with Gasteiger partial charge in [-0.15, -0.1) is 0 Å². The van der Waals surface area contributed by atoms with Gasteiger partial charge in [0.1, 0.15) is 0 Å². The summed E-state index contributed by atoms with van der Waals surface area (Å²) in [4.78, 5) is 4.13. The Morgan fingerprint density at radius 2 is 2.54 bits per heavy atom. The first kappa shape index (κ1) is 8.44. The molecule has 1 aliphatic heterocycles. The van der Waals surface area contributed by atoms with Crippen molar-refractivity contribution in [3.8, 4) is 5.75 Å². The lowest BCUT2D eigenvalue weighted by Gasteiger charge is -2.01. The number of pyridine rings is 1. The fourth-order valence-electron chi connectivity index (χ4n) is 1.08. The zero-order valence-electron chi connectivity index (χ0n) is 7.24. The molecule has 0 aliphatic carbocycles. The minimum absolute atomic E-state index is 0.677. The fourth-order valence-corrected chi connectivity index (χ4v) is 1.22. The largest absolute Gasteiger partial charge is 0.437 e. The summed E-state index contributed by atoms with van der Waals surface area (Å²) in [6.07, 6.45) is 1.73. The second-order valence-corrected chi connectivity index (χ2v) is 3.16. The molecule has 2 heterocycles. The van der Waals surface area contributed by atoms with Crippen molar-refractivity contribution in [1.82, 2.24) is 4.98 Å². The Bertz CT molecular complexity index is 335. The first-order chi connectivity index (χ1) is 6.31. The molecule has 0 aromatic carbocycles. The van der Waals surface area contributed by atoms with Crippen LogP contribution in [0.4, 0.5) is 5.82 Å². The number of hydrogen-bond acceptors (Lipinski definition) is 4. The van der Waals surface area contributed by atoms with Crippen LogP contribution in [0.25, 0.3) is 0 Å². The van der Waals surface area contributed by atoms with Gasteiger partial charge in [0.2, 0.25) is 0 Å². The van der Waals surface area contributed by atoms with E-state index in [-0.39, 0.29) is 0 Å². The Morgan fingerprint density at radius 1 is 1.69 bits per heavy atom. The van der Waals surface area contributed by atoms with Crippen LogP contribution in [0.1, 0.15) is 6.92 Å². The molecule has 0 unspecified atom stereocenters. The maximum Gasteiger partial charge on any atom is 0.199 e. The van der Waals surface area contributed by atoms with Gasteiger partial charge in [-0.2, -0.15) is 12.6 Å². The van der Waals surface area contributed by atoms with Gasteiger partial charge in [-0.3, -0.25) is 0 Å². The third kappa shape index (κ3) is 1.49. The lowest BCUT2D eigenvalue weighted by molar-refractivity contribution is 0.450. The number of rotatable bonds is 1. The second kappa shape index (κ2) is 3.30. The average Bonchev–Trinajstić information content (AvgIpc) is 2.59. The van der Waals surface area contributed by atoms with Gasteiger partial charge in [0.05, 0.1) is 0 Å². The van der Waals surface area contributed by atoms with Gasteiger partial charge in [-0.1, -0.05) is 0 Å². The lowest BCUT2D eigenvalue weighted by Crippen LogP contribution is -2.01. The number of ether oxygens (including phenoxy) is 1. The second-order valence-electron chi connectivity index (χ2n) is 2.84. The van der Waals surface area contributed by atoms with Crippen molar-refractivity contribution in [2.24, 2.45) is 0 Å². The molecular formula is C9H10N2OS. The van der Waals surface area contributed by atoms with Crippen molar-refractivity contribution in [3.05, 3.63) is 29.8 Å². The van der Waals surface area contributed by atoms with Crippen LogP contribution in [0, 0.1) is 0 Å². The van der Waals surface area contributed by atoms with E-state index in [0.717, 1.165) is 23.0 Å². The van der Waals surface area contributed by atoms with E-state index >= 15 is 0 Å². The molecule has 0 spiro atoms. The minimum Gasteiger partial charge on any atom is -0.437 e. The van der Waals surface area contributed by atoms with Crippen LogP contribution in [0.3, 0.4) is 0 Å². The lowest BCUT2D eigenvalue weighted by atomic mass is 10.4. The van der Waals surface area contributed by atoms with Crippen LogP contribution in [0.15, 0.2) is 29.8 Å². The van der Waals surface area contributed by atoms with E-state index in [2.05, 4.69) is 22.9 Å². The Kier molecular flexibility index (Phi) is 2.14. The molecule has 1 aromatic heterocycles. The van der Waals surface area contributed by atoms with Crippen molar-refractivity contribution < 1.29 is 4.74 Å². The molecule has 0 radical (unpaired) electrons. The molecular weight excluding hydrogens is 184 g/mol. The van der Waals surface area contributed by atoms with Crippen molar-refractivity contribution in [3.63, 3.8) is 0 Å². The van der Waals surface area contributed by atoms with Crippen molar-refractivity contribution >= 4 is 18.4 Å². The molecule has 0 atom stereocenters. The highest BCUT2D eigenvalue weighted by atomic mass is 32.1. The molecule has 1 N–H and O–H groups in total. The average molecular weight is 194 g/mol. The quantitative estimate of drug-likeness (QED) is 0.671. The van der Waals surface area contributed by atoms with Crippen molar-refractivity contribution in [1.29, 1.82) is 0 Å². The monoisotopic (exact) mass is 194 g/mol. The molecule has 2 rings (SSSR count). The molecule has 0 saturated carbocycles. The number of thiol groups is 1. The summed E-state index contributed by atoms with van der Waals surface area (Å²) < 4.78 is 5.52. The summed E-state index contributed by atoms with van der Waals surface area (Å²) in [6, 6.07) is 3.73. The van der Waals surface area contributed by atoms with Crippen LogP contribution in [-0.2, 0) is 0 Å². The van der Waals surface area contributed by atoms with E-state index in [4.69, 9.17) is 4.74 Å². The van der Waals surface area contributed by atoms with Gasteiger partial charge in [0, 0.05) is 11.9 Å². The summed E-state index contributed by atoms with van der Waals surface area (Å²) in [7, 11) is 0. The summed E-state index contributed by atoms with van der Waals surface area (Å²) in [5, 5.41) is 3.08. The van der Waals surface area contributed by atoms with E-state index in [0.29, 0.717) is 5.75 Å². The predicted octanol–water partition coefficient (Wildman–Crippen LogP) is 2.05. The molecule has 0 saturated heterocycles. The van der Waals surface area contributed by atoms with E-state index in [9.17, 15) is 0 Å². The van der Waals surface area contributed by atoms with E-state index < -0.39 is 0 Å². The number of aromatic nitrogens is 1. The summed E-state index contributed by atoms with van der Waals surface area (Å²) >= 11 is 4.17. The number of nitrogens with one attached hydrogen (secondary N) is 1. The minimum atomic E-state index is 0.677. The Labute approximate surface area is 82.2 Å². The van der Waals surface area contributed by atoms with Crippen LogP contribution >= 0.6 is 12.6 Å². The third-order valence-corrected chi connectivity index (χ3v) is 2.31. The van der Waals surface area contributed by atoms with Crippen molar-refractivity contribution in [2.75, 3.05) is 11.1 Å². The first-order valence-corrected chi connectivity index (χ1v) is 4.65. The van der Waals surface area contributed by atoms with Gasteiger partial charge in [0.25, 0.3) is 0 Å². The molecule has 4 heteroatoms. The Morgan fingerprint density at radius 3 is 3.23 bits per heavy atom. The summed E-state index contributed by atoms with van der Waals surface area (Å²) in [6.45, 7) is 1.97. The molecule has 0 amide bonds. The summed E-state index contributed by atoms with van der Waals surface area (Å²) in [5.41, 5.74) is 1.07. The zero-order valence-corrected chi connectivity index (χ0v) is 8.14.